The van der Waals surface area contributed by atoms with Crippen LogP contribution in [-0.2, 0) is 4.74 Å². The first-order chi connectivity index (χ1) is 14.1. The molecule has 1 aliphatic rings. The van der Waals surface area contributed by atoms with Crippen molar-refractivity contribution in [2.24, 2.45) is 0 Å². The molecule has 5 rings (SSSR count). The van der Waals surface area contributed by atoms with Gasteiger partial charge in [-0.1, -0.05) is 30.3 Å². The van der Waals surface area contributed by atoms with Gasteiger partial charge in [0.05, 0.1) is 17.6 Å². The van der Waals surface area contributed by atoms with Gasteiger partial charge in [-0.25, -0.2) is 9.97 Å². The first-order valence-corrected chi connectivity index (χ1v) is 10.6. The molecule has 0 atom stereocenters. The molecule has 1 aliphatic heterocycles. The van der Waals surface area contributed by atoms with Crippen molar-refractivity contribution >= 4 is 27.4 Å². The number of anilines is 1. The third kappa shape index (κ3) is 3.61. The molecule has 6 heteroatoms. The van der Waals surface area contributed by atoms with E-state index in [1.807, 2.05) is 24.4 Å². The summed E-state index contributed by atoms with van der Waals surface area (Å²) in [6.07, 6.45) is 3.59. The number of hydrogen-bond donors (Lipinski definition) is 0. The van der Waals surface area contributed by atoms with E-state index in [0.29, 0.717) is 12.4 Å². The molecule has 0 radical (unpaired) electrons. The van der Waals surface area contributed by atoms with E-state index in [4.69, 9.17) is 14.7 Å². The van der Waals surface area contributed by atoms with Gasteiger partial charge in [0.1, 0.15) is 10.6 Å². The van der Waals surface area contributed by atoms with Gasteiger partial charge >= 0.3 is 0 Å². The normalized spacial score (nSPS) is 16.3. The van der Waals surface area contributed by atoms with Gasteiger partial charge in [-0.3, -0.25) is 4.98 Å². The van der Waals surface area contributed by atoms with Crippen LogP contribution in [0.1, 0.15) is 13.8 Å². The molecule has 0 spiro atoms. The minimum atomic E-state index is -0.206. The van der Waals surface area contributed by atoms with Crippen molar-refractivity contribution in [2.45, 2.75) is 19.4 Å². The summed E-state index contributed by atoms with van der Waals surface area (Å²) < 4.78 is 5.93. The Morgan fingerprint density at radius 2 is 1.86 bits per heavy atom. The highest BCUT2D eigenvalue weighted by Crippen LogP contribution is 2.38. The third-order valence-electron chi connectivity index (χ3n) is 5.08. The molecule has 0 unspecified atom stereocenters. The third-order valence-corrected chi connectivity index (χ3v) is 6.15. The zero-order valence-corrected chi connectivity index (χ0v) is 17.3. The molecule has 1 fully saturated rings. The number of rotatable bonds is 3. The molecule has 0 amide bonds. The number of ether oxygens (including phenoxy) is 1. The van der Waals surface area contributed by atoms with E-state index in [9.17, 15) is 0 Å². The standard InChI is InChI=1S/C23H22N4OS/c1-23(2)15-27(11-12-28-23)21-18-13-19(16-7-4-3-5-8-16)29-22(18)26-20(25-21)17-9-6-10-24-14-17/h3-10,13-14H,11-12,15H2,1-2H3. The second kappa shape index (κ2) is 7.21. The molecule has 4 aromatic rings. The fourth-order valence-corrected chi connectivity index (χ4v) is 4.74. The van der Waals surface area contributed by atoms with Gasteiger partial charge in [0.2, 0.25) is 0 Å². The zero-order chi connectivity index (χ0) is 19.8. The summed E-state index contributed by atoms with van der Waals surface area (Å²) in [7, 11) is 0. The predicted octanol–water partition coefficient (Wildman–Crippen LogP) is 5.04. The largest absolute Gasteiger partial charge is 0.372 e. The van der Waals surface area contributed by atoms with Crippen LogP contribution < -0.4 is 4.90 Å². The van der Waals surface area contributed by atoms with E-state index < -0.39 is 0 Å². The van der Waals surface area contributed by atoms with Crippen molar-refractivity contribution < 1.29 is 4.74 Å². The number of nitrogens with zero attached hydrogens (tertiary/aromatic N) is 4. The zero-order valence-electron chi connectivity index (χ0n) is 16.5. The van der Waals surface area contributed by atoms with Gasteiger partial charge in [0.25, 0.3) is 0 Å². The van der Waals surface area contributed by atoms with Crippen LogP contribution in [0.4, 0.5) is 5.82 Å². The van der Waals surface area contributed by atoms with Crippen LogP contribution in [0.5, 0.6) is 0 Å². The van der Waals surface area contributed by atoms with Crippen molar-refractivity contribution in [2.75, 3.05) is 24.6 Å². The summed E-state index contributed by atoms with van der Waals surface area (Å²) in [5.74, 6) is 1.69. The van der Waals surface area contributed by atoms with Crippen LogP contribution in [-0.4, -0.2) is 40.2 Å². The quantitative estimate of drug-likeness (QED) is 0.481. The Kier molecular flexibility index (Phi) is 4.53. The van der Waals surface area contributed by atoms with E-state index in [1.54, 1.807) is 17.5 Å². The van der Waals surface area contributed by atoms with Gasteiger partial charge in [-0.15, -0.1) is 11.3 Å². The van der Waals surface area contributed by atoms with Crippen LogP contribution in [0.15, 0.2) is 60.9 Å². The fraction of sp³-hybridized carbons (Fsp3) is 0.261. The lowest BCUT2D eigenvalue weighted by Crippen LogP contribution is -2.48. The number of thiophene rings is 1. The molecule has 0 bridgehead atoms. The maximum atomic E-state index is 5.93. The summed E-state index contributed by atoms with van der Waals surface area (Å²) in [6.45, 7) is 6.56. The van der Waals surface area contributed by atoms with Crippen LogP contribution >= 0.6 is 11.3 Å². The van der Waals surface area contributed by atoms with Crippen LogP contribution in [0.2, 0.25) is 0 Å². The van der Waals surface area contributed by atoms with E-state index in [1.165, 1.54) is 10.4 Å². The van der Waals surface area contributed by atoms with Gasteiger partial charge in [-0.05, 0) is 37.6 Å². The molecule has 5 nitrogen and oxygen atoms in total. The second-order valence-electron chi connectivity index (χ2n) is 7.84. The van der Waals surface area contributed by atoms with E-state index in [2.05, 4.69) is 54.1 Å². The van der Waals surface area contributed by atoms with E-state index in [0.717, 1.165) is 34.7 Å². The Balaban J connectivity index is 1.69. The van der Waals surface area contributed by atoms with Crippen LogP contribution in [0.25, 0.3) is 32.0 Å². The first kappa shape index (κ1) is 18.2. The topological polar surface area (TPSA) is 51.1 Å². The summed E-state index contributed by atoms with van der Waals surface area (Å²) in [5, 5.41) is 1.10. The molecule has 29 heavy (non-hydrogen) atoms. The fourth-order valence-electron chi connectivity index (χ4n) is 3.71. The Morgan fingerprint density at radius 3 is 2.62 bits per heavy atom. The average molecular weight is 403 g/mol. The van der Waals surface area contributed by atoms with E-state index >= 15 is 0 Å². The maximum Gasteiger partial charge on any atom is 0.164 e. The molecule has 4 heterocycles. The Bertz CT molecular complexity index is 1140. The Morgan fingerprint density at radius 1 is 1.03 bits per heavy atom. The molecular weight excluding hydrogens is 380 g/mol. The predicted molar refractivity (Wildman–Crippen MR) is 118 cm³/mol. The van der Waals surface area contributed by atoms with Crippen molar-refractivity contribution in [1.82, 2.24) is 15.0 Å². The molecule has 0 N–H and O–H groups in total. The monoisotopic (exact) mass is 402 g/mol. The number of benzene rings is 1. The number of hydrogen-bond acceptors (Lipinski definition) is 6. The average Bonchev–Trinajstić information content (AvgIpc) is 3.18. The number of pyridine rings is 1. The maximum absolute atomic E-state index is 5.93. The highest BCUT2D eigenvalue weighted by atomic mass is 32.1. The summed E-state index contributed by atoms with van der Waals surface area (Å²) in [5.41, 5.74) is 1.92. The summed E-state index contributed by atoms with van der Waals surface area (Å²) >= 11 is 1.71. The molecule has 1 saturated heterocycles. The van der Waals surface area contributed by atoms with Gasteiger partial charge < -0.3 is 9.64 Å². The highest BCUT2D eigenvalue weighted by Gasteiger charge is 2.29. The molecule has 0 aliphatic carbocycles. The minimum Gasteiger partial charge on any atom is -0.372 e. The van der Waals surface area contributed by atoms with Crippen molar-refractivity contribution in [3.8, 4) is 21.8 Å². The molecular formula is C23H22N4OS. The Hall–Kier alpha value is -2.83. The lowest BCUT2D eigenvalue weighted by atomic mass is 10.1. The SMILES string of the molecule is CC1(C)CN(c2nc(-c3cccnc3)nc3sc(-c4ccccc4)cc23)CCO1. The summed E-state index contributed by atoms with van der Waals surface area (Å²) in [6, 6.07) is 16.6. The lowest BCUT2D eigenvalue weighted by Gasteiger charge is -2.39. The van der Waals surface area contributed by atoms with E-state index in [-0.39, 0.29) is 5.60 Å². The smallest absolute Gasteiger partial charge is 0.164 e. The minimum absolute atomic E-state index is 0.206. The van der Waals surface area contributed by atoms with Crippen LogP contribution in [0, 0.1) is 0 Å². The summed E-state index contributed by atoms with van der Waals surface area (Å²) in [4.78, 5) is 18.7. The number of aromatic nitrogens is 3. The van der Waals surface area contributed by atoms with Crippen LogP contribution in [0.3, 0.4) is 0 Å². The molecule has 1 aromatic carbocycles. The number of fused-ring (bicyclic) bond motifs is 1. The first-order valence-electron chi connectivity index (χ1n) is 9.75. The van der Waals surface area contributed by atoms with Gasteiger partial charge in [-0.2, -0.15) is 0 Å². The lowest BCUT2D eigenvalue weighted by molar-refractivity contribution is -0.0278. The molecule has 0 saturated carbocycles. The van der Waals surface area contributed by atoms with Crippen molar-refractivity contribution in [1.29, 1.82) is 0 Å². The van der Waals surface area contributed by atoms with Gasteiger partial charge in [0, 0.05) is 35.9 Å². The Labute approximate surface area is 174 Å². The molecule has 146 valence electrons. The number of morpholine rings is 1. The second-order valence-corrected chi connectivity index (χ2v) is 8.87. The molecule has 3 aromatic heterocycles. The van der Waals surface area contributed by atoms with Crippen molar-refractivity contribution in [3.63, 3.8) is 0 Å². The highest BCUT2D eigenvalue weighted by molar-refractivity contribution is 7.22. The van der Waals surface area contributed by atoms with Gasteiger partial charge in [0.15, 0.2) is 5.82 Å². The van der Waals surface area contributed by atoms with Crippen molar-refractivity contribution in [3.05, 3.63) is 60.9 Å².